The minimum absolute atomic E-state index is 0.118. The highest BCUT2D eigenvalue weighted by Gasteiger charge is 2.20. The third-order valence-electron chi connectivity index (χ3n) is 7.13. The fraction of sp³-hybridized carbons (Fsp3) is 0.206. The molecule has 2 unspecified atom stereocenters. The summed E-state index contributed by atoms with van der Waals surface area (Å²) in [6, 6.07) is 38.8. The molecule has 2 N–H and O–H groups in total. The first-order valence-electron chi connectivity index (χ1n) is 13.1. The second-order valence-electron chi connectivity index (χ2n) is 9.97. The van der Waals surface area contributed by atoms with Crippen LogP contribution in [-0.2, 0) is 0 Å². The molecule has 186 valence electrons. The Labute approximate surface area is 220 Å². The molecule has 0 saturated heterocycles. The average molecular weight is 486 g/mol. The summed E-state index contributed by atoms with van der Waals surface area (Å²) in [5.74, 6) is 0.403. The quantitative estimate of drug-likeness (QED) is 0.173. The normalized spacial score (nSPS) is 13.8. The summed E-state index contributed by atoms with van der Waals surface area (Å²) >= 11 is 0. The van der Waals surface area contributed by atoms with Crippen molar-refractivity contribution in [2.45, 2.75) is 33.1 Å². The van der Waals surface area contributed by atoms with Gasteiger partial charge in [0.1, 0.15) is 6.17 Å². The molecule has 0 aliphatic rings. The van der Waals surface area contributed by atoms with E-state index < -0.39 is 0 Å². The van der Waals surface area contributed by atoms with Crippen molar-refractivity contribution >= 4 is 27.3 Å². The Bertz CT molecular complexity index is 1530. The van der Waals surface area contributed by atoms with E-state index in [2.05, 4.69) is 141 Å². The third-order valence-corrected chi connectivity index (χ3v) is 7.13. The van der Waals surface area contributed by atoms with Crippen molar-refractivity contribution in [3.63, 3.8) is 0 Å². The molecule has 5 aromatic rings. The molecule has 0 spiro atoms. The van der Waals surface area contributed by atoms with Crippen LogP contribution in [0.3, 0.4) is 0 Å². The van der Waals surface area contributed by atoms with Gasteiger partial charge in [0.05, 0.1) is 6.17 Å². The van der Waals surface area contributed by atoms with Gasteiger partial charge in [-0.25, -0.2) is 0 Å². The molecule has 0 amide bonds. The average Bonchev–Trinajstić information content (AvgIpc) is 2.94. The van der Waals surface area contributed by atoms with Crippen LogP contribution in [0.2, 0.25) is 0 Å². The lowest BCUT2D eigenvalue weighted by Crippen LogP contribution is -2.45. The molecular weight excluding hydrogens is 450 g/mol. The van der Waals surface area contributed by atoms with E-state index in [4.69, 9.17) is 4.99 Å². The van der Waals surface area contributed by atoms with Crippen LogP contribution >= 0.6 is 0 Å². The largest absolute Gasteiger partial charge is 0.305 e. The van der Waals surface area contributed by atoms with Crippen molar-refractivity contribution in [2.75, 3.05) is 7.05 Å². The summed E-state index contributed by atoms with van der Waals surface area (Å²) in [5, 5.41) is 12.1. The molecule has 0 aromatic heterocycles. The van der Waals surface area contributed by atoms with Gasteiger partial charge in [0.15, 0.2) is 0 Å². The molecule has 2 atom stereocenters. The number of aliphatic imine (C=N–C) groups is 1. The maximum atomic E-state index is 5.33. The molecule has 0 radical (unpaired) electrons. The Balaban J connectivity index is 1.62. The summed E-state index contributed by atoms with van der Waals surface area (Å²) < 4.78 is 0. The van der Waals surface area contributed by atoms with Crippen molar-refractivity contribution in [1.29, 1.82) is 0 Å². The molecule has 0 saturated carbocycles. The van der Waals surface area contributed by atoms with Crippen LogP contribution in [0.25, 0.3) is 32.7 Å². The monoisotopic (exact) mass is 485 g/mol. The third kappa shape index (κ3) is 5.34. The van der Waals surface area contributed by atoms with Gasteiger partial charge in [-0.15, -0.1) is 0 Å². The Kier molecular flexibility index (Phi) is 7.45. The van der Waals surface area contributed by atoms with Crippen molar-refractivity contribution in [3.8, 4) is 11.1 Å². The van der Waals surface area contributed by atoms with Gasteiger partial charge < -0.3 is 5.32 Å². The molecule has 0 bridgehead atoms. The molecule has 0 aliphatic carbocycles. The lowest BCUT2D eigenvalue weighted by atomic mass is 9.97. The Hall–Kier alpha value is -3.79. The number of hydrogen-bond acceptors (Lipinski definition) is 3. The first-order valence-corrected chi connectivity index (χ1v) is 13.1. The van der Waals surface area contributed by atoms with E-state index >= 15 is 0 Å². The Morgan fingerprint density at radius 3 is 2.16 bits per heavy atom. The lowest BCUT2D eigenvalue weighted by molar-refractivity contribution is 0.322. The zero-order chi connectivity index (χ0) is 25.8. The summed E-state index contributed by atoms with van der Waals surface area (Å²) in [4.78, 5) is 5.33. The van der Waals surface area contributed by atoms with Crippen LogP contribution in [0.15, 0.2) is 114 Å². The van der Waals surface area contributed by atoms with Gasteiger partial charge in [0.25, 0.3) is 0 Å². The predicted octanol–water partition coefficient (Wildman–Crippen LogP) is 7.96. The fourth-order valence-corrected chi connectivity index (χ4v) is 5.14. The van der Waals surface area contributed by atoms with Crippen molar-refractivity contribution in [1.82, 2.24) is 10.6 Å². The summed E-state index contributed by atoms with van der Waals surface area (Å²) in [6.45, 7) is 6.57. The molecule has 3 nitrogen and oxygen atoms in total. The van der Waals surface area contributed by atoms with E-state index in [0.29, 0.717) is 5.92 Å². The summed E-state index contributed by atoms with van der Waals surface area (Å²) in [7, 11) is 2.01. The van der Waals surface area contributed by atoms with Crippen molar-refractivity contribution in [3.05, 3.63) is 120 Å². The second-order valence-corrected chi connectivity index (χ2v) is 9.97. The van der Waals surface area contributed by atoms with Gasteiger partial charge in [0.2, 0.25) is 0 Å². The molecular formula is C34H35N3. The van der Waals surface area contributed by atoms with Gasteiger partial charge in [0, 0.05) is 11.3 Å². The number of benzene rings is 5. The minimum atomic E-state index is -0.204. The highest BCUT2D eigenvalue weighted by atomic mass is 15.2. The van der Waals surface area contributed by atoms with Crippen LogP contribution in [0.1, 0.15) is 38.1 Å². The number of hydrogen-bond donors (Lipinski definition) is 2. The first-order chi connectivity index (χ1) is 18.0. The summed E-state index contributed by atoms with van der Waals surface area (Å²) in [5.41, 5.74) is 5.82. The van der Waals surface area contributed by atoms with E-state index in [-0.39, 0.29) is 12.3 Å². The number of rotatable bonds is 8. The Morgan fingerprint density at radius 1 is 0.676 bits per heavy atom. The van der Waals surface area contributed by atoms with Crippen molar-refractivity contribution in [2.24, 2.45) is 10.9 Å². The highest BCUT2D eigenvalue weighted by molar-refractivity contribution is 6.09. The number of nitrogens with one attached hydrogen (secondary N) is 2. The molecule has 0 heterocycles. The highest BCUT2D eigenvalue weighted by Crippen LogP contribution is 2.31. The van der Waals surface area contributed by atoms with Gasteiger partial charge in [-0.3, -0.25) is 10.3 Å². The maximum Gasteiger partial charge on any atom is 0.127 e. The summed E-state index contributed by atoms with van der Waals surface area (Å²) in [6.07, 6.45) is -0.0852. The van der Waals surface area contributed by atoms with Gasteiger partial charge >= 0.3 is 0 Å². The molecule has 0 aliphatic heterocycles. The van der Waals surface area contributed by atoms with E-state index in [1.165, 1.54) is 43.8 Å². The molecule has 0 fully saturated rings. The second kappa shape index (κ2) is 11.1. The van der Waals surface area contributed by atoms with Crippen LogP contribution in [0, 0.1) is 5.92 Å². The van der Waals surface area contributed by atoms with E-state index in [9.17, 15) is 0 Å². The number of nitrogens with zero attached hydrogens (tertiary/aromatic N) is 1. The fourth-order valence-electron chi connectivity index (χ4n) is 5.14. The van der Waals surface area contributed by atoms with Gasteiger partial charge in [-0.1, -0.05) is 117 Å². The van der Waals surface area contributed by atoms with Crippen LogP contribution in [0.4, 0.5) is 0 Å². The van der Waals surface area contributed by atoms with Gasteiger partial charge in [-0.2, -0.15) is 0 Å². The van der Waals surface area contributed by atoms with Crippen molar-refractivity contribution < 1.29 is 0 Å². The number of fused-ring (bicyclic) bond motifs is 2. The van der Waals surface area contributed by atoms with Gasteiger partial charge in [-0.05, 0) is 64.2 Å². The minimum Gasteiger partial charge on any atom is -0.305 e. The van der Waals surface area contributed by atoms with E-state index in [0.717, 1.165) is 5.71 Å². The van der Waals surface area contributed by atoms with E-state index in [1.54, 1.807) is 0 Å². The molecule has 5 rings (SSSR count). The zero-order valence-corrected chi connectivity index (χ0v) is 22.1. The molecule has 37 heavy (non-hydrogen) atoms. The van der Waals surface area contributed by atoms with E-state index in [1.807, 2.05) is 7.05 Å². The topological polar surface area (TPSA) is 36.4 Å². The predicted molar refractivity (Wildman–Crippen MR) is 159 cm³/mol. The SMILES string of the molecule is CNC(NC(N=C(C)c1cccc2ccccc12)c1cccc2cc(-c3ccccc3)ccc12)C(C)C. The lowest BCUT2D eigenvalue weighted by Gasteiger charge is -2.27. The smallest absolute Gasteiger partial charge is 0.127 e. The molecule has 5 aromatic carbocycles. The van der Waals surface area contributed by atoms with Crippen LogP contribution in [-0.4, -0.2) is 18.9 Å². The van der Waals surface area contributed by atoms with Crippen LogP contribution < -0.4 is 10.6 Å². The zero-order valence-electron chi connectivity index (χ0n) is 22.1. The van der Waals surface area contributed by atoms with Crippen LogP contribution in [0.5, 0.6) is 0 Å². The maximum absolute atomic E-state index is 5.33. The first kappa shape index (κ1) is 24.9. The Morgan fingerprint density at radius 2 is 1.38 bits per heavy atom. The standard InChI is InChI=1S/C34H35N3/c1-23(2)33(35-4)37-34(36-24(3)29-18-10-15-26-14-8-9-17-30(26)29)32-19-11-16-28-22-27(20-21-31(28)32)25-12-6-5-7-13-25/h5-23,33-35,37H,1-4H3. The molecule has 3 heteroatoms.